The molecule has 1 aromatic carbocycles. The Kier molecular flexibility index (Phi) is 3.39. The molecule has 114 valence electrons. The molecule has 0 N–H and O–H groups in total. The number of rotatable bonds is 2. The summed E-state index contributed by atoms with van der Waals surface area (Å²) in [6.45, 7) is 4.34. The molecular formula is C17H17ClN2OS. The number of fused-ring (bicyclic) bond motifs is 3. The van der Waals surface area contributed by atoms with Crippen molar-refractivity contribution < 1.29 is 4.74 Å². The third kappa shape index (κ3) is 2.22. The molecule has 5 heteroatoms. The topological polar surface area (TPSA) is 24.8 Å². The van der Waals surface area contributed by atoms with Crippen LogP contribution in [-0.4, -0.2) is 16.9 Å². The van der Waals surface area contributed by atoms with E-state index in [9.17, 15) is 0 Å². The van der Waals surface area contributed by atoms with Crippen LogP contribution in [0.4, 0.5) is 0 Å². The Morgan fingerprint density at radius 3 is 2.95 bits per heavy atom. The summed E-state index contributed by atoms with van der Waals surface area (Å²) in [6, 6.07) is 10.3. The summed E-state index contributed by atoms with van der Waals surface area (Å²) in [7, 11) is 0. The van der Waals surface area contributed by atoms with Crippen LogP contribution >= 0.6 is 22.9 Å². The van der Waals surface area contributed by atoms with Crippen molar-refractivity contribution in [1.29, 1.82) is 0 Å². The predicted molar refractivity (Wildman–Crippen MR) is 90.8 cm³/mol. The molecule has 22 heavy (non-hydrogen) atoms. The van der Waals surface area contributed by atoms with Crippen LogP contribution in [0.15, 0.2) is 40.8 Å². The number of hydrazone groups is 1. The molecule has 1 aromatic heterocycles. The Hall–Kier alpha value is -1.52. The lowest BCUT2D eigenvalue weighted by Gasteiger charge is -2.40. The van der Waals surface area contributed by atoms with Gasteiger partial charge in [0, 0.05) is 22.9 Å². The van der Waals surface area contributed by atoms with Crippen LogP contribution in [-0.2, 0) is 0 Å². The second-order valence-corrected chi connectivity index (χ2v) is 7.44. The van der Waals surface area contributed by atoms with Crippen LogP contribution in [0.5, 0.6) is 5.75 Å². The Morgan fingerprint density at radius 2 is 2.23 bits per heavy atom. The van der Waals surface area contributed by atoms with Crippen LogP contribution in [0.25, 0.3) is 0 Å². The third-order valence-corrected chi connectivity index (χ3v) is 5.31. The summed E-state index contributed by atoms with van der Waals surface area (Å²) in [6.07, 6.45) is 0.872. The summed E-state index contributed by atoms with van der Waals surface area (Å²) in [4.78, 5) is 1.24. The lowest BCUT2D eigenvalue weighted by atomic mass is 9.97. The minimum Gasteiger partial charge on any atom is -0.468 e. The molecule has 0 fully saturated rings. The van der Waals surface area contributed by atoms with E-state index < -0.39 is 0 Å². The van der Waals surface area contributed by atoms with Gasteiger partial charge >= 0.3 is 0 Å². The van der Waals surface area contributed by atoms with E-state index in [2.05, 4.69) is 36.4 Å². The van der Waals surface area contributed by atoms with Gasteiger partial charge in [-0.15, -0.1) is 11.3 Å². The fraction of sp³-hybridized carbons (Fsp3) is 0.353. The lowest BCUT2D eigenvalue weighted by molar-refractivity contribution is -0.0461. The highest BCUT2D eigenvalue weighted by Gasteiger charge is 2.41. The molecule has 2 atom stereocenters. The molecule has 3 heterocycles. The van der Waals surface area contributed by atoms with Crippen molar-refractivity contribution in [2.75, 3.05) is 0 Å². The average Bonchev–Trinajstić information content (AvgIpc) is 3.15. The van der Waals surface area contributed by atoms with Crippen LogP contribution in [0.1, 0.15) is 36.8 Å². The van der Waals surface area contributed by atoms with E-state index in [1.165, 1.54) is 4.88 Å². The van der Waals surface area contributed by atoms with Crippen LogP contribution in [0, 0.1) is 5.92 Å². The van der Waals surface area contributed by atoms with Crippen LogP contribution < -0.4 is 4.74 Å². The van der Waals surface area contributed by atoms with Gasteiger partial charge in [0.05, 0.1) is 16.6 Å². The first kappa shape index (κ1) is 14.1. The van der Waals surface area contributed by atoms with Gasteiger partial charge in [0.2, 0.25) is 0 Å². The summed E-state index contributed by atoms with van der Waals surface area (Å²) in [5.74, 6) is 1.30. The van der Waals surface area contributed by atoms with Crippen LogP contribution in [0.3, 0.4) is 0 Å². The second kappa shape index (κ2) is 5.28. The smallest absolute Gasteiger partial charge is 0.190 e. The van der Waals surface area contributed by atoms with Gasteiger partial charge in [0.25, 0.3) is 0 Å². The Morgan fingerprint density at radius 1 is 1.36 bits per heavy atom. The first-order chi connectivity index (χ1) is 10.6. The summed E-state index contributed by atoms with van der Waals surface area (Å²) in [5.41, 5.74) is 2.28. The largest absolute Gasteiger partial charge is 0.468 e. The number of benzene rings is 1. The average molecular weight is 333 g/mol. The van der Waals surface area contributed by atoms with Crippen molar-refractivity contribution in [2.24, 2.45) is 11.0 Å². The molecule has 2 aliphatic heterocycles. The Labute approximate surface area is 139 Å². The zero-order valence-corrected chi connectivity index (χ0v) is 14.1. The number of nitrogens with zero attached hydrogens (tertiary/aromatic N) is 2. The predicted octanol–water partition coefficient (Wildman–Crippen LogP) is 4.93. The number of halogens is 1. The fourth-order valence-corrected chi connectivity index (χ4v) is 4.02. The van der Waals surface area contributed by atoms with Gasteiger partial charge in [0.15, 0.2) is 6.23 Å². The minimum absolute atomic E-state index is 0.0314. The highest BCUT2D eigenvalue weighted by atomic mass is 35.5. The van der Waals surface area contributed by atoms with Crippen molar-refractivity contribution in [3.63, 3.8) is 0 Å². The van der Waals surface area contributed by atoms with Crippen molar-refractivity contribution >= 4 is 28.6 Å². The molecule has 4 rings (SSSR count). The normalized spacial score (nSPS) is 23.1. The molecule has 0 saturated heterocycles. The molecule has 0 saturated carbocycles. The standard InChI is InChI=1S/C17H17ClN2OS/c1-10(2)17-20-14(9-13(19-20)16-4-3-7-22-16)12-8-11(18)5-6-15(12)21-17/h3-8,10,14,17H,9H2,1-2H3/t14-,17-/m0/s1. The maximum Gasteiger partial charge on any atom is 0.190 e. The molecule has 0 spiro atoms. The number of ether oxygens (including phenoxy) is 1. The summed E-state index contributed by atoms with van der Waals surface area (Å²) in [5, 5.41) is 9.84. The first-order valence-electron chi connectivity index (χ1n) is 7.49. The Balaban J connectivity index is 1.78. The van der Waals surface area contributed by atoms with E-state index in [4.69, 9.17) is 21.4 Å². The Bertz CT molecular complexity index is 726. The molecule has 0 aliphatic carbocycles. The zero-order chi connectivity index (χ0) is 15.3. The quantitative estimate of drug-likeness (QED) is 0.779. The monoisotopic (exact) mass is 332 g/mol. The van der Waals surface area contributed by atoms with Crippen molar-refractivity contribution in [1.82, 2.24) is 5.01 Å². The van der Waals surface area contributed by atoms with Crippen molar-refractivity contribution in [3.05, 3.63) is 51.2 Å². The second-order valence-electron chi connectivity index (χ2n) is 6.06. The molecule has 0 amide bonds. The molecule has 0 unspecified atom stereocenters. The minimum atomic E-state index is -0.0314. The number of thiophene rings is 1. The van der Waals surface area contributed by atoms with E-state index in [0.717, 1.165) is 28.5 Å². The first-order valence-corrected chi connectivity index (χ1v) is 8.75. The SMILES string of the molecule is CC(C)[C@@H]1Oc2ccc(Cl)cc2[C@@H]2CC(c3cccs3)=NN21. The van der Waals surface area contributed by atoms with Crippen molar-refractivity contribution in [3.8, 4) is 5.75 Å². The lowest BCUT2D eigenvalue weighted by Crippen LogP contribution is -2.43. The molecule has 3 nitrogen and oxygen atoms in total. The highest BCUT2D eigenvalue weighted by molar-refractivity contribution is 7.12. The number of hydrogen-bond acceptors (Lipinski definition) is 4. The molecule has 2 aliphatic rings. The molecular weight excluding hydrogens is 316 g/mol. The summed E-state index contributed by atoms with van der Waals surface area (Å²) >= 11 is 7.93. The van der Waals surface area contributed by atoms with Gasteiger partial charge in [-0.25, -0.2) is 5.01 Å². The van der Waals surface area contributed by atoms with Gasteiger partial charge in [-0.1, -0.05) is 31.5 Å². The van der Waals surface area contributed by atoms with Gasteiger partial charge in [-0.05, 0) is 29.6 Å². The van der Waals surface area contributed by atoms with Crippen LogP contribution in [0.2, 0.25) is 5.02 Å². The zero-order valence-electron chi connectivity index (χ0n) is 12.5. The van der Waals surface area contributed by atoms with E-state index >= 15 is 0 Å². The van der Waals surface area contributed by atoms with Gasteiger partial charge in [-0.2, -0.15) is 5.10 Å². The maximum atomic E-state index is 6.19. The summed E-state index contributed by atoms with van der Waals surface area (Å²) < 4.78 is 6.19. The van der Waals surface area contributed by atoms with E-state index in [1.807, 2.05) is 18.2 Å². The van der Waals surface area contributed by atoms with E-state index in [0.29, 0.717) is 5.92 Å². The number of hydrogen-bond donors (Lipinski definition) is 0. The van der Waals surface area contributed by atoms with Gasteiger partial charge in [-0.3, -0.25) is 0 Å². The van der Waals surface area contributed by atoms with E-state index in [-0.39, 0.29) is 12.3 Å². The van der Waals surface area contributed by atoms with E-state index in [1.54, 1.807) is 11.3 Å². The molecule has 0 bridgehead atoms. The fourth-order valence-electron chi connectivity index (χ4n) is 3.12. The van der Waals surface area contributed by atoms with Crippen molar-refractivity contribution in [2.45, 2.75) is 32.5 Å². The molecule has 2 aromatic rings. The third-order valence-electron chi connectivity index (χ3n) is 4.16. The maximum absolute atomic E-state index is 6.19. The molecule has 0 radical (unpaired) electrons. The van der Waals surface area contributed by atoms with Gasteiger partial charge < -0.3 is 4.74 Å². The highest BCUT2D eigenvalue weighted by Crippen LogP contribution is 2.45. The van der Waals surface area contributed by atoms with Gasteiger partial charge in [0.1, 0.15) is 5.75 Å².